The minimum absolute atomic E-state index is 0.152. The van der Waals surface area contributed by atoms with Gasteiger partial charge in [-0.15, -0.1) is 0 Å². The smallest absolute Gasteiger partial charge is 0.340 e. The molecule has 2 heterocycles. The molecule has 2 saturated heterocycles. The molecule has 3 atom stereocenters. The van der Waals surface area contributed by atoms with Crippen LogP contribution in [-0.4, -0.2) is 47.5 Å². The van der Waals surface area contributed by atoms with Gasteiger partial charge < -0.3 is 19.1 Å². The summed E-state index contributed by atoms with van der Waals surface area (Å²) in [5.74, 6) is -0.646. The van der Waals surface area contributed by atoms with Crippen molar-refractivity contribution in [3.05, 3.63) is 0 Å². The average molecular weight is 243 g/mol. The van der Waals surface area contributed by atoms with Crippen molar-refractivity contribution in [2.45, 2.75) is 51.4 Å². The molecule has 0 aromatic carbocycles. The van der Waals surface area contributed by atoms with Crippen molar-refractivity contribution in [2.75, 3.05) is 7.11 Å². The van der Waals surface area contributed by atoms with Crippen LogP contribution in [0.25, 0.3) is 0 Å². The van der Waals surface area contributed by atoms with Crippen molar-refractivity contribution in [3.8, 4) is 0 Å². The van der Waals surface area contributed by atoms with Crippen molar-refractivity contribution in [1.29, 1.82) is 0 Å². The maximum Gasteiger partial charge on any atom is 0.340 e. The predicted octanol–water partition coefficient (Wildman–Crippen LogP) is 0.258. The molecule has 0 aromatic heterocycles. The summed E-state index contributed by atoms with van der Waals surface area (Å²) in [6, 6.07) is -0.428. The van der Waals surface area contributed by atoms with Crippen molar-refractivity contribution in [2.24, 2.45) is 0 Å². The van der Waals surface area contributed by atoms with E-state index in [2.05, 4.69) is 0 Å². The van der Waals surface area contributed by atoms with Gasteiger partial charge in [0.05, 0.1) is 7.11 Å². The zero-order chi connectivity index (χ0) is 13.0. The topological polar surface area (TPSA) is 65.1 Å². The lowest BCUT2D eigenvalue weighted by atomic mass is 9.88. The Bertz CT molecular complexity index is 380. The zero-order valence-corrected chi connectivity index (χ0v) is 10.6. The highest BCUT2D eigenvalue weighted by Crippen LogP contribution is 2.48. The Morgan fingerprint density at radius 2 is 1.82 bits per heavy atom. The van der Waals surface area contributed by atoms with Gasteiger partial charge in [-0.3, -0.25) is 4.79 Å². The molecule has 3 unspecified atom stereocenters. The fraction of sp³-hybridized carbons (Fsp3) is 0.818. The van der Waals surface area contributed by atoms with E-state index in [-0.39, 0.29) is 5.91 Å². The molecule has 0 bridgehead atoms. The van der Waals surface area contributed by atoms with E-state index >= 15 is 0 Å². The van der Waals surface area contributed by atoms with Crippen molar-refractivity contribution in [1.82, 2.24) is 4.90 Å². The Morgan fingerprint density at radius 1 is 1.24 bits per heavy atom. The van der Waals surface area contributed by atoms with Crippen molar-refractivity contribution in [3.63, 3.8) is 0 Å². The van der Waals surface area contributed by atoms with Crippen LogP contribution < -0.4 is 0 Å². The van der Waals surface area contributed by atoms with Crippen LogP contribution in [0.15, 0.2) is 0 Å². The molecule has 0 radical (unpaired) electrons. The van der Waals surface area contributed by atoms with E-state index in [1.807, 2.05) is 0 Å². The first-order chi connectivity index (χ1) is 7.74. The third kappa shape index (κ3) is 1.47. The van der Waals surface area contributed by atoms with E-state index in [1.165, 1.54) is 18.9 Å². The number of rotatable bonds is 1. The Labute approximate surface area is 99.8 Å². The van der Waals surface area contributed by atoms with Gasteiger partial charge in [-0.05, 0) is 20.8 Å². The lowest BCUT2D eigenvalue weighted by Gasteiger charge is -2.48. The molecular formula is C11H17NO5. The minimum atomic E-state index is -1.14. The Balaban J connectivity index is 2.32. The first-order valence-electron chi connectivity index (χ1n) is 5.48. The van der Waals surface area contributed by atoms with Crippen molar-refractivity contribution >= 4 is 11.9 Å². The second kappa shape index (κ2) is 3.43. The number of carbonyl (C=O) groups is 2. The van der Waals surface area contributed by atoms with Crippen LogP contribution in [0, 0.1) is 0 Å². The second-order valence-electron chi connectivity index (χ2n) is 4.98. The predicted molar refractivity (Wildman–Crippen MR) is 56.8 cm³/mol. The third-order valence-corrected chi connectivity index (χ3v) is 3.38. The summed E-state index contributed by atoms with van der Waals surface area (Å²) < 4.78 is 15.7. The third-order valence-electron chi connectivity index (χ3n) is 3.38. The van der Waals surface area contributed by atoms with Crippen LogP contribution in [0.5, 0.6) is 0 Å². The fourth-order valence-electron chi connectivity index (χ4n) is 2.64. The highest BCUT2D eigenvalue weighted by molar-refractivity contribution is 5.84. The summed E-state index contributed by atoms with van der Waals surface area (Å²) in [6.45, 7) is 6.60. The molecule has 2 fully saturated rings. The molecule has 96 valence electrons. The lowest BCUT2D eigenvalue weighted by Crippen LogP contribution is -2.70. The van der Waals surface area contributed by atoms with Gasteiger partial charge in [0, 0.05) is 6.92 Å². The fourth-order valence-corrected chi connectivity index (χ4v) is 2.64. The maximum absolute atomic E-state index is 11.7. The van der Waals surface area contributed by atoms with Crippen LogP contribution in [-0.2, 0) is 23.8 Å². The van der Waals surface area contributed by atoms with E-state index in [1.54, 1.807) is 20.8 Å². The van der Waals surface area contributed by atoms with Gasteiger partial charge in [0.2, 0.25) is 5.91 Å². The van der Waals surface area contributed by atoms with Gasteiger partial charge in [0.15, 0.2) is 11.9 Å². The minimum Gasteiger partial charge on any atom is -0.467 e. The number of ether oxygens (including phenoxy) is 3. The van der Waals surface area contributed by atoms with Gasteiger partial charge in [0.25, 0.3) is 0 Å². The van der Waals surface area contributed by atoms with Gasteiger partial charge in [-0.25, -0.2) is 4.79 Å². The molecule has 1 amide bonds. The molecule has 2 aliphatic rings. The normalized spacial score (nSPS) is 38.3. The molecule has 17 heavy (non-hydrogen) atoms. The summed E-state index contributed by atoms with van der Waals surface area (Å²) in [5, 5.41) is 0. The standard InChI is InChI=1S/C11H17NO5/c1-6(13)12-7-8(16-10(12,2)3)17-11(7,4)9(14)15-5/h7-8H,1-5H3. The zero-order valence-electron chi connectivity index (χ0n) is 10.6. The van der Waals surface area contributed by atoms with Crippen molar-refractivity contribution < 1.29 is 23.8 Å². The Hall–Kier alpha value is -1.14. The maximum atomic E-state index is 11.7. The average Bonchev–Trinajstić information content (AvgIpc) is 2.44. The van der Waals surface area contributed by atoms with Crippen LogP contribution in [0.4, 0.5) is 0 Å². The van der Waals surface area contributed by atoms with Crippen LogP contribution in [0.2, 0.25) is 0 Å². The van der Waals surface area contributed by atoms with E-state index in [0.29, 0.717) is 0 Å². The van der Waals surface area contributed by atoms with Gasteiger partial charge in [-0.1, -0.05) is 0 Å². The van der Waals surface area contributed by atoms with Gasteiger partial charge in [-0.2, -0.15) is 0 Å². The first-order valence-corrected chi connectivity index (χ1v) is 5.48. The highest BCUT2D eigenvalue weighted by atomic mass is 16.8. The van der Waals surface area contributed by atoms with E-state index in [9.17, 15) is 9.59 Å². The second-order valence-corrected chi connectivity index (χ2v) is 4.98. The molecule has 0 aliphatic carbocycles. The SMILES string of the molecule is COC(=O)C1(C)OC2OC(C)(C)N(C(C)=O)C21. The number of nitrogens with zero attached hydrogens (tertiary/aromatic N) is 1. The molecule has 2 aliphatic heterocycles. The van der Waals surface area contributed by atoms with E-state index in [0.717, 1.165) is 0 Å². The van der Waals surface area contributed by atoms with Gasteiger partial charge >= 0.3 is 5.97 Å². The number of amides is 1. The number of hydrogen-bond donors (Lipinski definition) is 0. The molecule has 0 saturated carbocycles. The summed E-state index contributed by atoms with van der Waals surface area (Å²) in [4.78, 5) is 24.9. The first kappa shape index (κ1) is 12.3. The number of methoxy groups -OCH3 is 1. The molecular weight excluding hydrogens is 226 g/mol. The van der Waals surface area contributed by atoms with Crippen LogP contribution >= 0.6 is 0 Å². The monoisotopic (exact) mass is 243 g/mol. The van der Waals surface area contributed by atoms with Crippen LogP contribution in [0.1, 0.15) is 27.7 Å². The number of carbonyl (C=O) groups excluding carboxylic acids is 2. The quantitative estimate of drug-likeness (QED) is 0.618. The largest absolute Gasteiger partial charge is 0.467 e. The van der Waals surface area contributed by atoms with E-state index in [4.69, 9.17) is 14.2 Å². The molecule has 0 spiro atoms. The molecule has 0 aromatic rings. The summed E-state index contributed by atoms with van der Waals surface area (Å²) in [5.41, 5.74) is -1.91. The Kier molecular flexibility index (Phi) is 2.48. The summed E-state index contributed by atoms with van der Waals surface area (Å²) >= 11 is 0. The molecule has 6 nitrogen and oxygen atoms in total. The lowest BCUT2D eigenvalue weighted by molar-refractivity contribution is -0.296. The summed E-state index contributed by atoms with van der Waals surface area (Å²) in [7, 11) is 1.29. The summed E-state index contributed by atoms with van der Waals surface area (Å²) in [6.07, 6.45) is -0.557. The molecule has 2 rings (SSSR count). The number of fused-ring (bicyclic) bond motifs is 1. The van der Waals surface area contributed by atoms with Crippen LogP contribution in [0.3, 0.4) is 0 Å². The number of esters is 1. The Morgan fingerprint density at radius 3 is 2.29 bits per heavy atom. The number of hydrogen-bond acceptors (Lipinski definition) is 5. The highest BCUT2D eigenvalue weighted by Gasteiger charge is 2.69. The van der Waals surface area contributed by atoms with Gasteiger partial charge in [0.1, 0.15) is 11.8 Å². The van der Waals surface area contributed by atoms with E-state index < -0.39 is 29.6 Å². The molecule has 6 heteroatoms. The molecule has 0 N–H and O–H groups in total.